The van der Waals surface area contributed by atoms with E-state index in [4.69, 9.17) is 4.74 Å². The Kier molecular flexibility index (Phi) is 6.15. The van der Waals surface area contributed by atoms with Crippen molar-refractivity contribution >= 4 is 5.91 Å². The molecule has 0 radical (unpaired) electrons. The molecule has 1 unspecified atom stereocenters. The minimum absolute atomic E-state index is 0.106. The number of ether oxygens (including phenoxy) is 1. The summed E-state index contributed by atoms with van der Waals surface area (Å²) in [6.07, 6.45) is 3.72. The number of nitrogens with one attached hydrogen (secondary N) is 1. The van der Waals surface area contributed by atoms with Crippen LogP contribution in [-0.2, 0) is 17.8 Å². The number of rotatable bonds is 7. The molecule has 3 rings (SSSR count). The van der Waals surface area contributed by atoms with Gasteiger partial charge in [-0.15, -0.1) is 0 Å². The average molecular weight is 364 g/mol. The lowest BCUT2D eigenvalue weighted by Crippen LogP contribution is -2.28. The van der Waals surface area contributed by atoms with Crippen molar-refractivity contribution in [2.75, 3.05) is 0 Å². The van der Waals surface area contributed by atoms with Gasteiger partial charge in [-0.1, -0.05) is 30.3 Å². The lowest BCUT2D eigenvalue weighted by atomic mass is 10.1. The van der Waals surface area contributed by atoms with Crippen molar-refractivity contribution in [3.63, 3.8) is 0 Å². The van der Waals surface area contributed by atoms with Crippen LogP contribution in [-0.4, -0.2) is 10.9 Å². The first-order valence-electron chi connectivity index (χ1n) is 8.75. The smallest absolute Gasteiger partial charge is 0.224 e. The zero-order valence-corrected chi connectivity index (χ0v) is 15.1. The van der Waals surface area contributed by atoms with Gasteiger partial charge in [0, 0.05) is 18.0 Å². The number of amides is 1. The molecule has 138 valence electrons. The molecule has 1 heterocycles. The number of aromatic nitrogens is 1. The highest BCUT2D eigenvalue weighted by atomic mass is 19.1. The molecule has 0 bridgehead atoms. The van der Waals surface area contributed by atoms with Crippen LogP contribution >= 0.6 is 0 Å². The molecular formula is C22H21FN2O2. The van der Waals surface area contributed by atoms with E-state index in [9.17, 15) is 9.18 Å². The fraction of sp³-hybridized carbons (Fsp3) is 0.182. The molecule has 2 aromatic carbocycles. The molecule has 1 amide bonds. The fourth-order valence-electron chi connectivity index (χ4n) is 2.67. The van der Waals surface area contributed by atoms with Gasteiger partial charge in [-0.05, 0) is 48.4 Å². The summed E-state index contributed by atoms with van der Waals surface area (Å²) in [5, 5.41) is 2.95. The lowest BCUT2D eigenvalue weighted by Gasteiger charge is -2.15. The van der Waals surface area contributed by atoms with E-state index < -0.39 is 0 Å². The SMILES string of the molecule is CC(NC(=O)Cc1ccc(F)cc1)c1ccc(OCc2cccnc2)cc1. The summed E-state index contributed by atoms with van der Waals surface area (Å²) in [7, 11) is 0. The number of hydrogen-bond donors (Lipinski definition) is 1. The second-order valence-corrected chi connectivity index (χ2v) is 6.31. The normalized spacial score (nSPS) is 11.6. The maximum atomic E-state index is 12.9. The Morgan fingerprint density at radius 2 is 1.81 bits per heavy atom. The number of hydrogen-bond acceptors (Lipinski definition) is 3. The number of benzene rings is 2. The molecule has 4 nitrogen and oxygen atoms in total. The Bertz CT molecular complexity index is 865. The van der Waals surface area contributed by atoms with E-state index >= 15 is 0 Å². The fourth-order valence-corrected chi connectivity index (χ4v) is 2.67. The Hall–Kier alpha value is -3.21. The van der Waals surface area contributed by atoms with Crippen LogP contribution in [0.2, 0.25) is 0 Å². The summed E-state index contributed by atoms with van der Waals surface area (Å²) < 4.78 is 18.7. The molecule has 1 N–H and O–H groups in total. The quantitative estimate of drug-likeness (QED) is 0.683. The first-order chi connectivity index (χ1) is 13.1. The second kappa shape index (κ2) is 8.94. The predicted molar refractivity (Wildman–Crippen MR) is 102 cm³/mol. The van der Waals surface area contributed by atoms with Crippen molar-refractivity contribution in [3.8, 4) is 5.75 Å². The highest BCUT2D eigenvalue weighted by Crippen LogP contribution is 2.19. The molecule has 0 aliphatic heterocycles. The number of carbonyl (C=O) groups excluding carboxylic acids is 1. The van der Waals surface area contributed by atoms with Gasteiger partial charge in [-0.2, -0.15) is 0 Å². The second-order valence-electron chi connectivity index (χ2n) is 6.31. The maximum absolute atomic E-state index is 12.9. The minimum Gasteiger partial charge on any atom is -0.489 e. The highest BCUT2D eigenvalue weighted by molar-refractivity contribution is 5.79. The molecule has 5 heteroatoms. The standard InChI is InChI=1S/C22H21FN2O2/c1-16(25-22(26)13-17-4-8-20(23)9-5-17)19-6-10-21(11-7-19)27-15-18-3-2-12-24-14-18/h2-12,14,16H,13,15H2,1H3,(H,25,26). The Morgan fingerprint density at radius 1 is 1.07 bits per heavy atom. The summed E-state index contributed by atoms with van der Waals surface area (Å²) >= 11 is 0. The van der Waals surface area contributed by atoms with E-state index in [2.05, 4.69) is 10.3 Å². The zero-order chi connectivity index (χ0) is 19.1. The van der Waals surface area contributed by atoms with Crippen LogP contribution in [0.15, 0.2) is 73.1 Å². The summed E-state index contributed by atoms with van der Waals surface area (Å²) in [4.78, 5) is 16.2. The van der Waals surface area contributed by atoms with Crippen LogP contribution in [0.1, 0.15) is 29.7 Å². The van der Waals surface area contributed by atoms with E-state index in [0.717, 1.165) is 22.4 Å². The summed E-state index contributed by atoms with van der Waals surface area (Å²) in [6, 6.07) is 17.3. The molecule has 0 saturated carbocycles. The summed E-state index contributed by atoms with van der Waals surface area (Å²) in [6.45, 7) is 2.38. The van der Waals surface area contributed by atoms with Crippen LogP contribution in [0, 0.1) is 5.82 Å². The molecule has 0 aliphatic carbocycles. The van der Waals surface area contributed by atoms with Crippen molar-refractivity contribution in [2.45, 2.75) is 26.0 Å². The van der Waals surface area contributed by atoms with Gasteiger partial charge in [0.25, 0.3) is 0 Å². The van der Waals surface area contributed by atoms with Crippen LogP contribution in [0.5, 0.6) is 5.75 Å². The number of carbonyl (C=O) groups is 1. The molecule has 0 saturated heterocycles. The van der Waals surface area contributed by atoms with Gasteiger partial charge in [0.05, 0.1) is 12.5 Å². The van der Waals surface area contributed by atoms with Gasteiger partial charge in [-0.25, -0.2) is 4.39 Å². The van der Waals surface area contributed by atoms with Gasteiger partial charge >= 0.3 is 0 Å². The Balaban J connectivity index is 1.51. The Labute approximate surface area is 158 Å². The van der Waals surface area contributed by atoms with Crippen molar-refractivity contribution in [3.05, 3.63) is 95.6 Å². The number of halogens is 1. The van der Waals surface area contributed by atoms with E-state index in [1.54, 1.807) is 24.5 Å². The first kappa shape index (κ1) is 18.6. The number of nitrogens with zero attached hydrogens (tertiary/aromatic N) is 1. The third kappa shape index (κ3) is 5.64. The largest absolute Gasteiger partial charge is 0.489 e. The zero-order valence-electron chi connectivity index (χ0n) is 15.1. The van der Waals surface area contributed by atoms with Crippen molar-refractivity contribution < 1.29 is 13.9 Å². The summed E-state index contributed by atoms with van der Waals surface area (Å²) in [5.41, 5.74) is 2.76. The van der Waals surface area contributed by atoms with E-state index in [-0.39, 0.29) is 24.2 Å². The molecule has 0 fully saturated rings. The van der Waals surface area contributed by atoms with E-state index in [0.29, 0.717) is 6.61 Å². The van der Waals surface area contributed by atoms with E-state index in [1.165, 1.54) is 12.1 Å². The van der Waals surface area contributed by atoms with Gasteiger partial charge < -0.3 is 10.1 Å². The molecule has 0 spiro atoms. The van der Waals surface area contributed by atoms with E-state index in [1.807, 2.05) is 43.3 Å². The van der Waals surface area contributed by atoms with Crippen LogP contribution in [0.25, 0.3) is 0 Å². The molecule has 3 aromatic rings. The van der Waals surface area contributed by atoms with Gasteiger partial charge in [-0.3, -0.25) is 9.78 Å². The molecule has 0 aliphatic rings. The molecule has 27 heavy (non-hydrogen) atoms. The highest BCUT2D eigenvalue weighted by Gasteiger charge is 2.10. The first-order valence-corrected chi connectivity index (χ1v) is 8.75. The van der Waals surface area contributed by atoms with Gasteiger partial charge in [0.2, 0.25) is 5.91 Å². The monoisotopic (exact) mass is 364 g/mol. The average Bonchev–Trinajstić information content (AvgIpc) is 2.69. The topological polar surface area (TPSA) is 51.2 Å². The van der Waals surface area contributed by atoms with Gasteiger partial charge in [0.15, 0.2) is 0 Å². The molecular weight excluding hydrogens is 343 g/mol. The molecule has 1 aromatic heterocycles. The maximum Gasteiger partial charge on any atom is 0.224 e. The number of pyridine rings is 1. The van der Waals surface area contributed by atoms with Crippen LogP contribution in [0.4, 0.5) is 4.39 Å². The van der Waals surface area contributed by atoms with Crippen LogP contribution < -0.4 is 10.1 Å². The van der Waals surface area contributed by atoms with Crippen molar-refractivity contribution in [2.24, 2.45) is 0 Å². The van der Waals surface area contributed by atoms with Gasteiger partial charge in [0.1, 0.15) is 18.2 Å². The third-order valence-electron chi connectivity index (χ3n) is 4.16. The van der Waals surface area contributed by atoms with Crippen LogP contribution in [0.3, 0.4) is 0 Å². The lowest BCUT2D eigenvalue weighted by molar-refractivity contribution is -0.121. The Morgan fingerprint density at radius 3 is 2.48 bits per heavy atom. The summed E-state index contributed by atoms with van der Waals surface area (Å²) in [5.74, 6) is 0.344. The van der Waals surface area contributed by atoms with Crippen molar-refractivity contribution in [1.29, 1.82) is 0 Å². The van der Waals surface area contributed by atoms with Crippen molar-refractivity contribution in [1.82, 2.24) is 10.3 Å². The molecule has 1 atom stereocenters. The third-order valence-corrected chi connectivity index (χ3v) is 4.16. The predicted octanol–water partition coefficient (Wildman–Crippen LogP) is 4.22. The minimum atomic E-state index is -0.307.